The minimum absolute atomic E-state index is 0.675. The first kappa shape index (κ1) is 17.5. The molecule has 0 aliphatic carbocycles. The Morgan fingerprint density at radius 3 is 2.35 bits per heavy atom. The van der Waals surface area contributed by atoms with Crippen LogP contribution in [0.2, 0.25) is 0 Å². The Labute approximate surface area is 133 Å². The van der Waals surface area contributed by atoms with Crippen molar-refractivity contribution in [1.82, 2.24) is 5.32 Å². The number of benzene rings is 1. The van der Waals surface area contributed by atoms with Crippen molar-refractivity contribution in [2.75, 3.05) is 24.5 Å². The van der Waals surface area contributed by atoms with Crippen molar-refractivity contribution in [3.63, 3.8) is 0 Å². The Bertz CT molecular complexity index is 402. The van der Waals surface area contributed by atoms with Gasteiger partial charge in [0.1, 0.15) is 0 Å². The van der Waals surface area contributed by atoms with Gasteiger partial charge in [-0.1, -0.05) is 33.8 Å². The molecule has 0 heterocycles. The number of halogens is 1. The van der Waals surface area contributed by atoms with Gasteiger partial charge >= 0.3 is 0 Å². The van der Waals surface area contributed by atoms with Crippen LogP contribution in [0.3, 0.4) is 0 Å². The lowest BCUT2D eigenvalue weighted by atomic mass is 10.1. The summed E-state index contributed by atoms with van der Waals surface area (Å²) in [6.07, 6.45) is 0. The largest absolute Gasteiger partial charge is 0.371 e. The van der Waals surface area contributed by atoms with Gasteiger partial charge in [0, 0.05) is 24.1 Å². The SMILES string of the molecule is CCN(CC(C)C)c1ccc(CNCC(C)C)cc1Br. The molecular formula is C17H29BrN2. The van der Waals surface area contributed by atoms with Crippen molar-refractivity contribution < 1.29 is 0 Å². The van der Waals surface area contributed by atoms with Crippen molar-refractivity contribution >= 4 is 21.6 Å². The van der Waals surface area contributed by atoms with E-state index < -0.39 is 0 Å². The average Bonchev–Trinajstić information content (AvgIpc) is 2.36. The zero-order valence-electron chi connectivity index (χ0n) is 13.5. The van der Waals surface area contributed by atoms with Gasteiger partial charge < -0.3 is 10.2 Å². The molecule has 20 heavy (non-hydrogen) atoms. The standard InChI is InChI=1S/C17H29BrN2/c1-6-20(12-14(4)5)17-8-7-15(9-16(17)18)11-19-10-13(2)3/h7-9,13-14,19H,6,10-12H2,1-5H3. The van der Waals surface area contributed by atoms with E-state index in [0.717, 1.165) is 26.2 Å². The molecule has 0 spiro atoms. The molecule has 0 aromatic heterocycles. The van der Waals surface area contributed by atoms with Crippen LogP contribution in [-0.2, 0) is 6.54 Å². The van der Waals surface area contributed by atoms with E-state index in [9.17, 15) is 0 Å². The molecule has 0 saturated heterocycles. The Morgan fingerprint density at radius 1 is 1.15 bits per heavy atom. The number of anilines is 1. The fourth-order valence-corrected chi connectivity index (χ4v) is 2.94. The highest BCUT2D eigenvalue weighted by atomic mass is 79.9. The van der Waals surface area contributed by atoms with Gasteiger partial charge in [0.05, 0.1) is 5.69 Å². The maximum absolute atomic E-state index is 3.73. The van der Waals surface area contributed by atoms with Gasteiger partial charge in [-0.3, -0.25) is 0 Å². The average molecular weight is 341 g/mol. The molecule has 114 valence electrons. The number of rotatable bonds is 8. The van der Waals surface area contributed by atoms with E-state index in [-0.39, 0.29) is 0 Å². The smallest absolute Gasteiger partial charge is 0.0510 e. The summed E-state index contributed by atoms with van der Waals surface area (Å²) in [5.74, 6) is 1.37. The van der Waals surface area contributed by atoms with E-state index in [4.69, 9.17) is 0 Å². The molecule has 0 unspecified atom stereocenters. The maximum atomic E-state index is 3.73. The first-order valence-corrected chi connectivity index (χ1v) is 8.47. The quantitative estimate of drug-likeness (QED) is 0.739. The van der Waals surface area contributed by atoms with E-state index in [1.807, 2.05) is 0 Å². The van der Waals surface area contributed by atoms with Crippen molar-refractivity contribution in [1.29, 1.82) is 0 Å². The van der Waals surface area contributed by atoms with E-state index in [2.05, 4.69) is 79.0 Å². The summed E-state index contributed by atoms with van der Waals surface area (Å²) in [5.41, 5.74) is 2.63. The lowest BCUT2D eigenvalue weighted by Gasteiger charge is -2.26. The third kappa shape index (κ3) is 5.84. The number of nitrogens with zero attached hydrogens (tertiary/aromatic N) is 1. The second kappa shape index (κ2) is 8.68. The predicted molar refractivity (Wildman–Crippen MR) is 93.4 cm³/mol. The van der Waals surface area contributed by atoms with Gasteiger partial charge in [0.25, 0.3) is 0 Å². The molecule has 0 atom stereocenters. The van der Waals surface area contributed by atoms with Gasteiger partial charge in [-0.15, -0.1) is 0 Å². The van der Waals surface area contributed by atoms with Gasteiger partial charge in [0.15, 0.2) is 0 Å². The number of nitrogens with one attached hydrogen (secondary N) is 1. The van der Waals surface area contributed by atoms with Gasteiger partial charge in [-0.2, -0.15) is 0 Å². The van der Waals surface area contributed by atoms with Crippen LogP contribution in [0, 0.1) is 11.8 Å². The summed E-state index contributed by atoms with van der Waals surface area (Å²) in [6.45, 7) is 15.4. The van der Waals surface area contributed by atoms with Crippen molar-refractivity contribution in [3.05, 3.63) is 28.2 Å². The minimum Gasteiger partial charge on any atom is -0.371 e. The highest BCUT2D eigenvalue weighted by molar-refractivity contribution is 9.10. The number of hydrogen-bond donors (Lipinski definition) is 1. The van der Waals surface area contributed by atoms with Crippen molar-refractivity contribution in [3.8, 4) is 0 Å². The third-order valence-electron chi connectivity index (χ3n) is 3.20. The third-order valence-corrected chi connectivity index (χ3v) is 3.84. The molecule has 0 radical (unpaired) electrons. The lowest BCUT2D eigenvalue weighted by molar-refractivity contribution is 0.552. The van der Waals surface area contributed by atoms with E-state index in [0.29, 0.717) is 11.8 Å². The monoisotopic (exact) mass is 340 g/mol. The molecule has 0 fully saturated rings. The second-order valence-electron chi connectivity index (χ2n) is 6.24. The molecule has 0 saturated carbocycles. The summed E-state index contributed by atoms with van der Waals surface area (Å²) in [7, 11) is 0. The van der Waals surface area contributed by atoms with Crippen LogP contribution >= 0.6 is 15.9 Å². The van der Waals surface area contributed by atoms with Gasteiger partial charge in [0.2, 0.25) is 0 Å². The van der Waals surface area contributed by atoms with E-state index >= 15 is 0 Å². The van der Waals surface area contributed by atoms with Crippen molar-refractivity contribution in [2.24, 2.45) is 11.8 Å². The van der Waals surface area contributed by atoms with Gasteiger partial charge in [-0.05, 0) is 58.9 Å². The zero-order chi connectivity index (χ0) is 15.1. The Hall–Kier alpha value is -0.540. The van der Waals surface area contributed by atoms with Crippen molar-refractivity contribution in [2.45, 2.75) is 41.2 Å². The Morgan fingerprint density at radius 2 is 1.85 bits per heavy atom. The molecule has 0 aliphatic heterocycles. The first-order valence-electron chi connectivity index (χ1n) is 7.68. The van der Waals surface area contributed by atoms with Crippen LogP contribution in [0.4, 0.5) is 5.69 Å². The molecular weight excluding hydrogens is 312 g/mol. The normalized spacial score (nSPS) is 11.4. The molecule has 2 nitrogen and oxygen atoms in total. The first-order chi connectivity index (χ1) is 9.43. The van der Waals surface area contributed by atoms with Crippen LogP contribution in [0.15, 0.2) is 22.7 Å². The summed E-state index contributed by atoms with van der Waals surface area (Å²) < 4.78 is 1.20. The molecule has 0 aliphatic rings. The summed E-state index contributed by atoms with van der Waals surface area (Å²) >= 11 is 3.73. The van der Waals surface area contributed by atoms with E-state index in [1.165, 1.54) is 15.7 Å². The summed E-state index contributed by atoms with van der Waals surface area (Å²) in [5, 5.41) is 3.49. The fraction of sp³-hybridized carbons (Fsp3) is 0.647. The predicted octanol–water partition coefficient (Wildman–Crippen LogP) is 4.68. The number of hydrogen-bond acceptors (Lipinski definition) is 2. The highest BCUT2D eigenvalue weighted by Crippen LogP contribution is 2.28. The molecule has 0 amide bonds. The zero-order valence-corrected chi connectivity index (χ0v) is 15.1. The summed E-state index contributed by atoms with van der Waals surface area (Å²) in [4.78, 5) is 2.43. The van der Waals surface area contributed by atoms with Crippen LogP contribution < -0.4 is 10.2 Å². The molecule has 3 heteroatoms. The Kier molecular flexibility index (Phi) is 7.60. The van der Waals surface area contributed by atoms with Crippen LogP contribution in [0.1, 0.15) is 40.2 Å². The fourth-order valence-electron chi connectivity index (χ4n) is 2.26. The van der Waals surface area contributed by atoms with E-state index in [1.54, 1.807) is 0 Å². The molecule has 1 rings (SSSR count). The second-order valence-corrected chi connectivity index (χ2v) is 7.10. The van der Waals surface area contributed by atoms with Crippen LogP contribution in [0.5, 0.6) is 0 Å². The molecule has 1 aromatic carbocycles. The van der Waals surface area contributed by atoms with Crippen LogP contribution in [-0.4, -0.2) is 19.6 Å². The Balaban J connectivity index is 2.71. The minimum atomic E-state index is 0.675. The van der Waals surface area contributed by atoms with Gasteiger partial charge in [-0.25, -0.2) is 0 Å². The topological polar surface area (TPSA) is 15.3 Å². The summed E-state index contributed by atoms with van der Waals surface area (Å²) in [6, 6.07) is 6.71. The molecule has 1 aromatic rings. The lowest BCUT2D eigenvalue weighted by Crippen LogP contribution is -2.27. The maximum Gasteiger partial charge on any atom is 0.0510 e. The highest BCUT2D eigenvalue weighted by Gasteiger charge is 2.10. The molecule has 1 N–H and O–H groups in total. The molecule has 0 bridgehead atoms. The van der Waals surface area contributed by atoms with Crippen LogP contribution in [0.25, 0.3) is 0 Å².